The van der Waals surface area contributed by atoms with Gasteiger partial charge in [0.25, 0.3) is 0 Å². The summed E-state index contributed by atoms with van der Waals surface area (Å²) in [5, 5.41) is 0. The Balaban J connectivity index is 2.20. The maximum Gasteiger partial charge on any atom is 0.0742 e. The van der Waals surface area contributed by atoms with E-state index in [0.29, 0.717) is 0 Å². The summed E-state index contributed by atoms with van der Waals surface area (Å²) in [7, 11) is 0. The molecule has 0 bridgehead atoms. The molecule has 1 aromatic heterocycles. The molecule has 0 amide bonds. The zero-order valence-corrected chi connectivity index (χ0v) is 10.6. The molecule has 0 N–H and O–H groups in total. The van der Waals surface area contributed by atoms with Crippen molar-refractivity contribution in [1.29, 1.82) is 0 Å². The molecule has 0 aliphatic carbocycles. The summed E-state index contributed by atoms with van der Waals surface area (Å²) in [5.74, 6) is 0.971. The molecule has 0 fully saturated rings. The molecule has 0 radical (unpaired) electrons. The molecule has 0 atom stereocenters. The van der Waals surface area contributed by atoms with Crippen molar-refractivity contribution in [2.75, 3.05) is 0 Å². The summed E-state index contributed by atoms with van der Waals surface area (Å²) in [6.07, 6.45) is 1.84. The van der Waals surface area contributed by atoms with Crippen LogP contribution in [0, 0.1) is 6.92 Å². The molecule has 2 aromatic rings. The van der Waals surface area contributed by atoms with Gasteiger partial charge in [0, 0.05) is 22.4 Å². The van der Waals surface area contributed by atoms with E-state index in [1.165, 1.54) is 21.6 Å². The lowest BCUT2D eigenvalue weighted by atomic mass is 10.00. The van der Waals surface area contributed by atoms with Gasteiger partial charge in [0.2, 0.25) is 0 Å². The number of rotatable bonds is 0. The average Bonchev–Trinajstić information content (AvgIpc) is 2.48. The standard InChI is InChI=1S/C15H13NS/c1-10-5-6-13-11(2)15-12(4-3-7-16-15)9-17-14(13)8-10/h3-8H,2,9H2,1H3. The smallest absolute Gasteiger partial charge is 0.0742 e. The van der Waals surface area contributed by atoms with Gasteiger partial charge in [0.15, 0.2) is 0 Å². The molecule has 3 rings (SSSR count). The average molecular weight is 239 g/mol. The van der Waals surface area contributed by atoms with E-state index >= 15 is 0 Å². The third-order valence-corrected chi connectivity index (χ3v) is 4.13. The number of hydrogen-bond donors (Lipinski definition) is 0. The Labute approximate surface area is 106 Å². The van der Waals surface area contributed by atoms with Crippen LogP contribution in [0.3, 0.4) is 0 Å². The van der Waals surface area contributed by atoms with Crippen LogP contribution in [0.1, 0.15) is 22.4 Å². The summed E-state index contributed by atoms with van der Waals surface area (Å²) in [4.78, 5) is 5.78. The lowest BCUT2D eigenvalue weighted by molar-refractivity contribution is 1.21. The van der Waals surface area contributed by atoms with E-state index in [0.717, 1.165) is 17.0 Å². The molecule has 1 aromatic carbocycles. The molecule has 84 valence electrons. The SMILES string of the molecule is C=C1c2ccc(C)cc2SCc2cccnc21. The Kier molecular flexibility index (Phi) is 2.52. The van der Waals surface area contributed by atoms with Gasteiger partial charge in [-0.1, -0.05) is 24.8 Å². The summed E-state index contributed by atoms with van der Waals surface area (Å²) < 4.78 is 0. The number of benzene rings is 1. The van der Waals surface area contributed by atoms with Crippen LogP contribution in [0.25, 0.3) is 5.57 Å². The van der Waals surface area contributed by atoms with Crippen LogP contribution in [-0.4, -0.2) is 4.98 Å². The Bertz CT molecular complexity index is 602. The van der Waals surface area contributed by atoms with Crippen LogP contribution in [0.4, 0.5) is 0 Å². The Hall–Kier alpha value is -1.54. The minimum Gasteiger partial charge on any atom is -0.256 e. The Morgan fingerprint density at radius 1 is 1.29 bits per heavy atom. The highest BCUT2D eigenvalue weighted by molar-refractivity contribution is 7.98. The zero-order valence-electron chi connectivity index (χ0n) is 9.73. The molecular weight excluding hydrogens is 226 g/mol. The van der Waals surface area contributed by atoms with Gasteiger partial charge in [-0.25, -0.2) is 0 Å². The number of aromatic nitrogens is 1. The predicted octanol–water partition coefficient (Wildman–Crippen LogP) is 4.06. The molecule has 0 saturated heterocycles. The summed E-state index contributed by atoms with van der Waals surface area (Å²) in [6, 6.07) is 10.7. The third-order valence-electron chi connectivity index (χ3n) is 3.02. The van der Waals surface area contributed by atoms with Crippen molar-refractivity contribution in [3.63, 3.8) is 0 Å². The molecule has 1 nitrogen and oxygen atoms in total. The summed E-state index contributed by atoms with van der Waals surface area (Å²) in [6.45, 7) is 6.34. The first-order valence-electron chi connectivity index (χ1n) is 5.63. The number of hydrogen-bond acceptors (Lipinski definition) is 2. The minimum absolute atomic E-state index is 0.971. The second kappa shape index (κ2) is 4.04. The van der Waals surface area contributed by atoms with Gasteiger partial charge in [-0.05, 0) is 35.7 Å². The normalized spacial score (nSPS) is 13.8. The molecule has 2 heteroatoms. The third kappa shape index (κ3) is 1.79. The molecule has 2 heterocycles. The van der Waals surface area contributed by atoms with Gasteiger partial charge in [-0.15, -0.1) is 11.8 Å². The lowest BCUT2D eigenvalue weighted by Crippen LogP contribution is -1.93. The van der Waals surface area contributed by atoms with Crippen molar-refractivity contribution in [2.24, 2.45) is 0 Å². The largest absolute Gasteiger partial charge is 0.256 e. The molecular formula is C15H13NS. The van der Waals surface area contributed by atoms with Crippen LogP contribution >= 0.6 is 11.8 Å². The van der Waals surface area contributed by atoms with Gasteiger partial charge in [-0.3, -0.25) is 4.98 Å². The second-order valence-corrected chi connectivity index (χ2v) is 5.30. The van der Waals surface area contributed by atoms with Crippen LogP contribution in [-0.2, 0) is 5.75 Å². The van der Waals surface area contributed by atoms with Gasteiger partial charge >= 0.3 is 0 Å². The molecule has 1 aliphatic rings. The van der Waals surface area contributed by atoms with Crippen molar-refractivity contribution in [3.05, 3.63) is 65.5 Å². The maximum absolute atomic E-state index is 4.47. The van der Waals surface area contributed by atoms with Crippen molar-refractivity contribution >= 4 is 17.3 Å². The fraction of sp³-hybridized carbons (Fsp3) is 0.133. The van der Waals surface area contributed by atoms with Gasteiger partial charge in [-0.2, -0.15) is 0 Å². The first-order valence-corrected chi connectivity index (χ1v) is 6.61. The van der Waals surface area contributed by atoms with Crippen LogP contribution < -0.4 is 0 Å². The molecule has 0 saturated carbocycles. The van der Waals surface area contributed by atoms with E-state index in [2.05, 4.69) is 42.8 Å². The van der Waals surface area contributed by atoms with E-state index in [1.807, 2.05) is 24.0 Å². The summed E-state index contributed by atoms with van der Waals surface area (Å²) >= 11 is 1.87. The van der Waals surface area contributed by atoms with E-state index in [1.54, 1.807) is 0 Å². The fourth-order valence-corrected chi connectivity index (χ4v) is 3.27. The van der Waals surface area contributed by atoms with E-state index in [4.69, 9.17) is 0 Å². The summed E-state index contributed by atoms with van der Waals surface area (Å²) in [5.41, 5.74) is 5.88. The molecule has 17 heavy (non-hydrogen) atoms. The lowest BCUT2D eigenvalue weighted by Gasteiger charge is -2.08. The highest BCUT2D eigenvalue weighted by atomic mass is 32.2. The highest BCUT2D eigenvalue weighted by Gasteiger charge is 2.17. The van der Waals surface area contributed by atoms with Crippen molar-refractivity contribution in [1.82, 2.24) is 4.98 Å². The number of fused-ring (bicyclic) bond motifs is 2. The fourth-order valence-electron chi connectivity index (χ4n) is 2.11. The monoisotopic (exact) mass is 239 g/mol. The number of aryl methyl sites for hydroxylation is 1. The highest BCUT2D eigenvalue weighted by Crippen LogP contribution is 2.38. The quantitative estimate of drug-likeness (QED) is 0.687. The first kappa shape index (κ1) is 10.6. The minimum atomic E-state index is 0.971. The van der Waals surface area contributed by atoms with E-state index < -0.39 is 0 Å². The van der Waals surface area contributed by atoms with Crippen molar-refractivity contribution in [2.45, 2.75) is 17.6 Å². The number of nitrogens with zero attached hydrogens (tertiary/aromatic N) is 1. The predicted molar refractivity (Wildman–Crippen MR) is 73.1 cm³/mol. The second-order valence-electron chi connectivity index (χ2n) is 4.28. The Morgan fingerprint density at radius 2 is 2.18 bits per heavy atom. The van der Waals surface area contributed by atoms with E-state index in [-0.39, 0.29) is 0 Å². The van der Waals surface area contributed by atoms with Gasteiger partial charge in [0.05, 0.1) is 5.69 Å². The van der Waals surface area contributed by atoms with Gasteiger partial charge < -0.3 is 0 Å². The number of thioether (sulfide) groups is 1. The maximum atomic E-state index is 4.47. The van der Waals surface area contributed by atoms with Crippen LogP contribution in [0.15, 0.2) is 48.0 Å². The molecule has 0 unspecified atom stereocenters. The first-order chi connectivity index (χ1) is 8.25. The molecule has 1 aliphatic heterocycles. The topological polar surface area (TPSA) is 12.9 Å². The van der Waals surface area contributed by atoms with Crippen LogP contribution in [0.2, 0.25) is 0 Å². The number of pyridine rings is 1. The van der Waals surface area contributed by atoms with Crippen LogP contribution in [0.5, 0.6) is 0 Å². The van der Waals surface area contributed by atoms with Crippen molar-refractivity contribution in [3.8, 4) is 0 Å². The Morgan fingerprint density at radius 3 is 3.06 bits per heavy atom. The molecule has 0 spiro atoms. The van der Waals surface area contributed by atoms with Crippen molar-refractivity contribution < 1.29 is 0 Å². The zero-order chi connectivity index (χ0) is 11.8. The van der Waals surface area contributed by atoms with E-state index in [9.17, 15) is 0 Å². The van der Waals surface area contributed by atoms with Gasteiger partial charge in [0.1, 0.15) is 0 Å².